The van der Waals surface area contributed by atoms with Gasteiger partial charge in [0, 0.05) is 48.9 Å². The maximum absolute atomic E-state index is 13.7. The number of aromatic hydroxyl groups is 2. The van der Waals surface area contributed by atoms with Gasteiger partial charge in [-0.1, -0.05) is 12.1 Å². The van der Waals surface area contributed by atoms with Crippen molar-refractivity contribution in [2.24, 2.45) is 5.73 Å². The third-order valence-electron chi connectivity index (χ3n) is 8.30. The van der Waals surface area contributed by atoms with E-state index in [1.54, 1.807) is 6.92 Å². The molecule has 6 atom stereocenters. The Balaban J connectivity index is 1.71. The van der Waals surface area contributed by atoms with Crippen LogP contribution in [-0.4, -0.2) is 91.9 Å². The van der Waals surface area contributed by atoms with Crippen LogP contribution in [0.15, 0.2) is 18.2 Å². The van der Waals surface area contributed by atoms with Crippen molar-refractivity contribution in [1.82, 2.24) is 0 Å². The minimum atomic E-state index is -1.79. The van der Waals surface area contributed by atoms with E-state index in [-0.39, 0.29) is 53.0 Å². The molecule has 0 amide bonds. The van der Waals surface area contributed by atoms with Crippen LogP contribution >= 0.6 is 0 Å². The van der Waals surface area contributed by atoms with Crippen LogP contribution in [0.1, 0.15) is 75.8 Å². The zero-order chi connectivity index (χ0) is 29.3. The number of methoxy groups -OCH3 is 1. The fourth-order valence-corrected chi connectivity index (χ4v) is 5.97. The zero-order valence-corrected chi connectivity index (χ0v) is 22.5. The third kappa shape index (κ3) is 4.14. The predicted octanol–water partition coefficient (Wildman–Crippen LogP) is 0.932. The molecule has 0 bridgehead atoms. The number of rotatable bonds is 4. The highest BCUT2D eigenvalue weighted by atomic mass is 16.7. The van der Waals surface area contributed by atoms with E-state index in [9.17, 15) is 35.2 Å². The summed E-state index contributed by atoms with van der Waals surface area (Å²) in [5, 5.41) is 55.1. The highest BCUT2D eigenvalue weighted by Crippen LogP contribution is 2.52. The molecule has 7 N–H and O–H groups in total. The summed E-state index contributed by atoms with van der Waals surface area (Å²) < 4.78 is 18.0. The first-order chi connectivity index (χ1) is 18.8. The van der Waals surface area contributed by atoms with Gasteiger partial charge in [-0.15, -0.1) is 0 Å². The summed E-state index contributed by atoms with van der Waals surface area (Å²) in [7, 11) is 2.67. The van der Waals surface area contributed by atoms with E-state index in [0.29, 0.717) is 0 Å². The molecule has 5 rings (SSSR count). The topological polar surface area (TPSA) is 192 Å². The number of ether oxygens (including phenoxy) is 3. The number of carbonyl (C=O) groups excluding carboxylic acids is 2. The highest BCUT2D eigenvalue weighted by molar-refractivity contribution is 6.31. The van der Waals surface area contributed by atoms with Gasteiger partial charge in [-0.2, -0.15) is 0 Å². The number of phenolic OH excluding ortho intramolecular Hbond substituents is 2. The molecule has 214 valence electrons. The van der Waals surface area contributed by atoms with E-state index < -0.39 is 70.4 Å². The lowest BCUT2D eigenvalue weighted by molar-refractivity contribution is -0.757. The molecule has 1 heterocycles. The average Bonchev–Trinajstić information content (AvgIpc) is 2.90. The Kier molecular flexibility index (Phi) is 6.87. The summed E-state index contributed by atoms with van der Waals surface area (Å²) in [6.45, 7) is 3.11. The second-order valence-corrected chi connectivity index (χ2v) is 10.7. The van der Waals surface area contributed by atoms with Gasteiger partial charge in [-0.05, 0) is 17.7 Å². The first-order valence-corrected chi connectivity index (χ1v) is 12.9. The van der Waals surface area contributed by atoms with Crippen molar-refractivity contribution in [3.05, 3.63) is 51.6 Å². The van der Waals surface area contributed by atoms with Crippen molar-refractivity contribution in [3.8, 4) is 17.2 Å². The molecule has 2 aliphatic carbocycles. The minimum Gasteiger partial charge on any atom is -0.507 e. The van der Waals surface area contributed by atoms with Crippen LogP contribution in [0.2, 0.25) is 0 Å². The molecule has 1 aliphatic heterocycles. The van der Waals surface area contributed by atoms with Crippen LogP contribution in [0.3, 0.4) is 0 Å². The van der Waals surface area contributed by atoms with Crippen LogP contribution in [0, 0.1) is 0 Å². The summed E-state index contributed by atoms with van der Waals surface area (Å²) in [6, 6.07) is 3.80. The van der Waals surface area contributed by atoms with Gasteiger partial charge in [-0.25, -0.2) is 0 Å². The molecule has 0 aromatic heterocycles. The van der Waals surface area contributed by atoms with E-state index in [0.717, 1.165) is 4.74 Å². The summed E-state index contributed by atoms with van der Waals surface area (Å²) in [6.07, 6.45) is -4.20. The molecular formula is C28H33N2O10+. The SMILES string of the molecule is COc1cccc2c1C(=O)c1c(O)c3c(c(O)c1C2=O)C[C@@](O)(/C(C)=[N+](\C)O)C[C@@H]3OC1CC(N)C(O)C(C)O1. The molecule has 2 aromatic carbocycles. The maximum atomic E-state index is 13.7. The lowest BCUT2D eigenvalue weighted by Gasteiger charge is -2.41. The largest absolute Gasteiger partial charge is 0.507 e. The number of hydrogen-bond acceptors (Lipinski definition) is 11. The molecule has 1 saturated heterocycles. The number of carbonyl (C=O) groups is 2. The number of benzene rings is 2. The number of fused-ring (bicyclic) bond motifs is 3. The van der Waals surface area contributed by atoms with E-state index in [2.05, 4.69) is 0 Å². The van der Waals surface area contributed by atoms with Crippen molar-refractivity contribution in [1.29, 1.82) is 0 Å². The summed E-state index contributed by atoms with van der Waals surface area (Å²) in [5.74, 6) is -2.45. The Morgan fingerprint density at radius 1 is 1.15 bits per heavy atom. The second-order valence-electron chi connectivity index (χ2n) is 10.7. The van der Waals surface area contributed by atoms with E-state index in [4.69, 9.17) is 19.9 Å². The van der Waals surface area contributed by atoms with Gasteiger partial charge < -0.3 is 40.4 Å². The molecule has 12 heteroatoms. The molecule has 12 nitrogen and oxygen atoms in total. The second kappa shape index (κ2) is 9.82. The smallest absolute Gasteiger partial charge is 0.232 e. The lowest BCUT2D eigenvalue weighted by Crippen LogP contribution is -2.53. The predicted molar refractivity (Wildman–Crippen MR) is 138 cm³/mol. The lowest BCUT2D eigenvalue weighted by atomic mass is 9.71. The number of hydroxylamine groups is 1. The monoisotopic (exact) mass is 557 g/mol. The standard InChI is InChI=1S/C28H32N2O10/c1-11-23(31)15(29)8-18(39-11)40-17-10-28(36,12(2)30(3)37)9-14-20(17)27(35)22-21(25(14)33)24(32)13-6-5-7-16(38-4)19(13)26(22)34/h5-7,11,15,17-18,23,31,36H,8-10,29H2,1-4H3,(H2-,32,33,34,35,37)/p+1/b30-12+/t11?,15?,17-,18?,23?,28-/m0/s1. The highest BCUT2D eigenvalue weighted by Gasteiger charge is 2.51. The van der Waals surface area contributed by atoms with Crippen LogP contribution in [0.4, 0.5) is 0 Å². The van der Waals surface area contributed by atoms with Crippen LogP contribution in [-0.2, 0) is 15.9 Å². The number of phenols is 2. The molecule has 1 fully saturated rings. The maximum Gasteiger partial charge on any atom is 0.232 e. The van der Waals surface area contributed by atoms with Crippen molar-refractivity contribution in [2.45, 2.75) is 69.4 Å². The van der Waals surface area contributed by atoms with Gasteiger partial charge >= 0.3 is 0 Å². The molecule has 2 aromatic rings. The van der Waals surface area contributed by atoms with Crippen molar-refractivity contribution >= 4 is 17.3 Å². The number of nitrogens with two attached hydrogens (primary N) is 1. The Bertz CT molecular complexity index is 1440. The molecule has 0 radical (unpaired) electrons. The van der Waals surface area contributed by atoms with Crippen LogP contribution in [0.5, 0.6) is 17.2 Å². The van der Waals surface area contributed by atoms with Crippen LogP contribution in [0.25, 0.3) is 0 Å². The van der Waals surface area contributed by atoms with E-state index in [1.807, 2.05) is 0 Å². The van der Waals surface area contributed by atoms with Crippen molar-refractivity contribution < 1.29 is 54.2 Å². The number of ketones is 2. The fraction of sp³-hybridized carbons (Fsp3) is 0.464. The van der Waals surface area contributed by atoms with Crippen LogP contribution < -0.4 is 10.5 Å². The van der Waals surface area contributed by atoms with Crippen molar-refractivity contribution in [2.75, 3.05) is 14.2 Å². The third-order valence-corrected chi connectivity index (χ3v) is 8.30. The Morgan fingerprint density at radius 3 is 2.45 bits per heavy atom. The number of aliphatic hydroxyl groups excluding tert-OH is 1. The number of nitrogens with zero attached hydrogens (tertiary/aromatic N) is 1. The van der Waals surface area contributed by atoms with Gasteiger partial charge in [0.15, 0.2) is 24.7 Å². The Morgan fingerprint density at radius 2 is 1.82 bits per heavy atom. The summed E-state index contributed by atoms with van der Waals surface area (Å²) in [5.41, 5.74) is 3.54. The quantitative estimate of drug-likeness (QED) is 0.0879. The summed E-state index contributed by atoms with van der Waals surface area (Å²) >= 11 is 0. The number of aliphatic hydroxyl groups is 2. The molecular weight excluding hydrogens is 524 g/mol. The van der Waals surface area contributed by atoms with Gasteiger partial charge in [-0.3, -0.25) is 14.8 Å². The Hall–Kier alpha value is -3.55. The summed E-state index contributed by atoms with van der Waals surface area (Å²) in [4.78, 5) is 27.3. The van der Waals surface area contributed by atoms with Gasteiger partial charge in [0.25, 0.3) is 0 Å². The minimum absolute atomic E-state index is 0.000319. The molecule has 0 spiro atoms. The zero-order valence-electron chi connectivity index (χ0n) is 22.5. The molecule has 0 saturated carbocycles. The fourth-order valence-electron chi connectivity index (χ4n) is 5.97. The molecule has 3 aliphatic rings. The normalized spacial score (nSPS) is 30.2. The van der Waals surface area contributed by atoms with Gasteiger partial charge in [0.05, 0.1) is 42.1 Å². The molecule has 40 heavy (non-hydrogen) atoms. The Labute approximate surface area is 229 Å². The first-order valence-electron chi connectivity index (χ1n) is 12.9. The van der Waals surface area contributed by atoms with Gasteiger partial charge in [0.1, 0.15) is 17.2 Å². The van der Waals surface area contributed by atoms with Gasteiger partial charge in [0.2, 0.25) is 11.5 Å². The first kappa shape index (κ1) is 28.0. The number of hydrogen-bond donors (Lipinski definition) is 6. The van der Waals surface area contributed by atoms with E-state index in [1.165, 1.54) is 39.3 Å². The average molecular weight is 558 g/mol. The molecule has 4 unspecified atom stereocenters. The van der Waals surface area contributed by atoms with E-state index >= 15 is 0 Å². The van der Waals surface area contributed by atoms with Crippen molar-refractivity contribution in [3.63, 3.8) is 0 Å².